The summed E-state index contributed by atoms with van der Waals surface area (Å²) >= 11 is 0. The number of amides is 1. The van der Waals surface area contributed by atoms with Gasteiger partial charge in [-0.3, -0.25) is 9.69 Å². The number of aromatic amines is 1. The van der Waals surface area contributed by atoms with E-state index in [1.165, 1.54) is 0 Å². The monoisotopic (exact) mass is 348 g/mol. The highest BCUT2D eigenvalue weighted by Crippen LogP contribution is 2.26. The second kappa shape index (κ2) is 7.04. The summed E-state index contributed by atoms with van der Waals surface area (Å²) in [6, 6.07) is 16.8. The van der Waals surface area contributed by atoms with Crippen molar-refractivity contribution in [3.8, 4) is 0 Å². The summed E-state index contributed by atoms with van der Waals surface area (Å²) in [6.07, 6.45) is 2.78. The molecule has 1 aromatic heterocycles. The van der Waals surface area contributed by atoms with Crippen molar-refractivity contribution in [1.82, 2.24) is 9.88 Å². The standard InChI is InChI=1S/C21H20N2O3/c24-20(17-13-22-18-10-5-4-9-16(17)18)19-11-6-12-23(19)21(25)26-14-15-7-2-1-3-8-15/h1-5,7-10,13,19,22H,6,11-12,14H2/t19-/m1/s1. The van der Waals surface area contributed by atoms with Gasteiger partial charge in [0, 0.05) is 29.2 Å². The van der Waals surface area contributed by atoms with E-state index in [4.69, 9.17) is 4.74 Å². The molecule has 0 radical (unpaired) electrons. The van der Waals surface area contributed by atoms with Crippen molar-refractivity contribution in [3.63, 3.8) is 0 Å². The SMILES string of the molecule is O=C(c1c[nH]c2ccccc12)[C@H]1CCCN1C(=O)OCc1ccccc1. The van der Waals surface area contributed by atoms with Crippen LogP contribution in [0.1, 0.15) is 28.8 Å². The molecule has 0 aliphatic carbocycles. The molecule has 5 nitrogen and oxygen atoms in total. The van der Waals surface area contributed by atoms with E-state index in [1.807, 2.05) is 54.6 Å². The van der Waals surface area contributed by atoms with E-state index in [9.17, 15) is 9.59 Å². The lowest BCUT2D eigenvalue weighted by molar-refractivity contribution is 0.0739. The Kier molecular flexibility index (Phi) is 4.44. The van der Waals surface area contributed by atoms with Crippen LogP contribution < -0.4 is 0 Å². The maximum absolute atomic E-state index is 13.0. The van der Waals surface area contributed by atoms with E-state index in [-0.39, 0.29) is 12.4 Å². The Balaban J connectivity index is 1.49. The van der Waals surface area contributed by atoms with Crippen LogP contribution in [-0.2, 0) is 11.3 Å². The third-order valence-electron chi connectivity index (χ3n) is 4.85. The Bertz CT molecular complexity index is 933. The summed E-state index contributed by atoms with van der Waals surface area (Å²) in [5.41, 5.74) is 2.49. The number of hydrogen-bond acceptors (Lipinski definition) is 3. The molecule has 132 valence electrons. The van der Waals surface area contributed by atoms with Crippen molar-refractivity contribution in [2.75, 3.05) is 6.54 Å². The average molecular weight is 348 g/mol. The van der Waals surface area contributed by atoms with Crippen LogP contribution in [0, 0.1) is 0 Å². The highest BCUT2D eigenvalue weighted by Gasteiger charge is 2.36. The molecule has 1 saturated heterocycles. The van der Waals surface area contributed by atoms with Crippen molar-refractivity contribution < 1.29 is 14.3 Å². The number of likely N-dealkylation sites (tertiary alicyclic amines) is 1. The Morgan fingerprint density at radius 3 is 2.69 bits per heavy atom. The highest BCUT2D eigenvalue weighted by atomic mass is 16.6. The van der Waals surface area contributed by atoms with Crippen molar-refractivity contribution in [2.24, 2.45) is 0 Å². The molecule has 1 aliphatic rings. The molecule has 3 aromatic rings. The molecule has 0 spiro atoms. The number of Topliss-reactive ketones (excluding diaryl/α,β-unsaturated/α-hetero) is 1. The van der Waals surface area contributed by atoms with Crippen LogP contribution >= 0.6 is 0 Å². The fourth-order valence-corrected chi connectivity index (χ4v) is 3.51. The number of para-hydroxylation sites is 1. The average Bonchev–Trinajstić information content (AvgIpc) is 3.33. The molecule has 1 N–H and O–H groups in total. The quantitative estimate of drug-likeness (QED) is 0.721. The van der Waals surface area contributed by atoms with Gasteiger partial charge in [0.15, 0.2) is 5.78 Å². The molecule has 26 heavy (non-hydrogen) atoms. The zero-order valence-electron chi connectivity index (χ0n) is 14.4. The van der Waals surface area contributed by atoms with Crippen LogP contribution in [-0.4, -0.2) is 34.3 Å². The van der Waals surface area contributed by atoms with Crippen molar-refractivity contribution in [3.05, 3.63) is 71.9 Å². The van der Waals surface area contributed by atoms with E-state index < -0.39 is 12.1 Å². The first-order chi connectivity index (χ1) is 12.7. The fourth-order valence-electron chi connectivity index (χ4n) is 3.51. The minimum absolute atomic E-state index is 0.0309. The number of ketones is 1. The number of hydrogen-bond donors (Lipinski definition) is 1. The van der Waals surface area contributed by atoms with Crippen LogP contribution in [0.5, 0.6) is 0 Å². The molecule has 0 saturated carbocycles. The Hall–Kier alpha value is -3.08. The first-order valence-electron chi connectivity index (χ1n) is 8.81. The number of rotatable bonds is 4. The fraction of sp³-hybridized carbons (Fsp3) is 0.238. The van der Waals surface area contributed by atoms with Crippen LogP contribution in [0.2, 0.25) is 0 Å². The van der Waals surface area contributed by atoms with E-state index in [0.29, 0.717) is 18.5 Å². The normalized spacial score (nSPS) is 16.8. The van der Waals surface area contributed by atoms with Gasteiger partial charge in [-0.2, -0.15) is 0 Å². The smallest absolute Gasteiger partial charge is 0.410 e. The summed E-state index contributed by atoms with van der Waals surface area (Å²) in [5, 5.41) is 0.891. The van der Waals surface area contributed by atoms with Crippen LogP contribution in [0.3, 0.4) is 0 Å². The molecule has 0 unspecified atom stereocenters. The number of carbonyl (C=O) groups excluding carboxylic acids is 2. The zero-order valence-corrected chi connectivity index (χ0v) is 14.4. The molecule has 2 aromatic carbocycles. The number of aromatic nitrogens is 1. The van der Waals surface area contributed by atoms with Gasteiger partial charge in [0.25, 0.3) is 0 Å². The molecule has 2 heterocycles. The van der Waals surface area contributed by atoms with Gasteiger partial charge in [0.05, 0.1) is 6.04 Å². The number of fused-ring (bicyclic) bond motifs is 1. The lowest BCUT2D eigenvalue weighted by Gasteiger charge is -2.23. The van der Waals surface area contributed by atoms with Gasteiger partial charge in [-0.1, -0.05) is 48.5 Å². The van der Waals surface area contributed by atoms with Crippen LogP contribution in [0.25, 0.3) is 10.9 Å². The van der Waals surface area contributed by atoms with Gasteiger partial charge < -0.3 is 9.72 Å². The Morgan fingerprint density at radius 2 is 1.85 bits per heavy atom. The summed E-state index contributed by atoms with van der Waals surface area (Å²) in [7, 11) is 0. The van der Waals surface area contributed by atoms with E-state index in [0.717, 1.165) is 22.9 Å². The summed E-state index contributed by atoms with van der Waals surface area (Å²) in [5.74, 6) is -0.0309. The van der Waals surface area contributed by atoms with Crippen LogP contribution in [0.15, 0.2) is 60.8 Å². The predicted octanol–water partition coefficient (Wildman–Crippen LogP) is 4.15. The van der Waals surface area contributed by atoms with Crippen molar-refractivity contribution in [1.29, 1.82) is 0 Å². The third kappa shape index (κ3) is 3.08. The molecule has 1 fully saturated rings. The van der Waals surface area contributed by atoms with Crippen molar-refractivity contribution in [2.45, 2.75) is 25.5 Å². The van der Waals surface area contributed by atoms with E-state index in [2.05, 4.69) is 4.98 Å². The molecule has 4 rings (SSSR count). The topological polar surface area (TPSA) is 62.4 Å². The van der Waals surface area contributed by atoms with Gasteiger partial charge in [-0.15, -0.1) is 0 Å². The van der Waals surface area contributed by atoms with E-state index in [1.54, 1.807) is 11.1 Å². The first-order valence-corrected chi connectivity index (χ1v) is 8.81. The first kappa shape index (κ1) is 16.4. The summed E-state index contributed by atoms with van der Waals surface area (Å²) < 4.78 is 5.42. The Labute approximate surface area is 151 Å². The van der Waals surface area contributed by atoms with E-state index >= 15 is 0 Å². The molecular formula is C21H20N2O3. The van der Waals surface area contributed by atoms with Gasteiger partial charge in [-0.25, -0.2) is 4.79 Å². The van der Waals surface area contributed by atoms with Gasteiger partial charge in [-0.05, 0) is 24.5 Å². The van der Waals surface area contributed by atoms with Crippen LogP contribution in [0.4, 0.5) is 4.79 Å². The minimum atomic E-state index is -0.461. The minimum Gasteiger partial charge on any atom is -0.445 e. The molecular weight excluding hydrogens is 328 g/mol. The molecule has 1 atom stereocenters. The van der Waals surface area contributed by atoms with Gasteiger partial charge in [0.2, 0.25) is 0 Å². The molecule has 5 heteroatoms. The lowest BCUT2D eigenvalue weighted by atomic mass is 10.0. The second-order valence-electron chi connectivity index (χ2n) is 6.50. The number of H-pyrrole nitrogens is 1. The highest BCUT2D eigenvalue weighted by molar-refractivity contribution is 6.11. The Morgan fingerprint density at radius 1 is 1.08 bits per heavy atom. The summed E-state index contributed by atoms with van der Waals surface area (Å²) in [4.78, 5) is 30.2. The van der Waals surface area contributed by atoms with Gasteiger partial charge in [0.1, 0.15) is 6.61 Å². The maximum atomic E-state index is 13.0. The molecule has 1 aliphatic heterocycles. The largest absolute Gasteiger partial charge is 0.445 e. The van der Waals surface area contributed by atoms with Crippen molar-refractivity contribution >= 4 is 22.8 Å². The number of nitrogens with zero attached hydrogens (tertiary/aromatic N) is 1. The number of ether oxygens (including phenoxy) is 1. The lowest BCUT2D eigenvalue weighted by Crippen LogP contribution is -2.40. The zero-order chi connectivity index (χ0) is 17.9. The van der Waals surface area contributed by atoms with Gasteiger partial charge >= 0.3 is 6.09 Å². The predicted molar refractivity (Wildman–Crippen MR) is 99.0 cm³/mol. The third-order valence-corrected chi connectivity index (χ3v) is 4.85. The molecule has 1 amide bonds. The number of carbonyl (C=O) groups is 2. The summed E-state index contributed by atoms with van der Waals surface area (Å²) in [6.45, 7) is 0.760. The molecule has 0 bridgehead atoms. The maximum Gasteiger partial charge on any atom is 0.410 e. The number of benzene rings is 2. The number of nitrogens with one attached hydrogen (secondary N) is 1. The second-order valence-corrected chi connectivity index (χ2v) is 6.50.